The number of nitrogens with one attached hydrogen (secondary N) is 2. The molecular weight excluding hydrogens is 432 g/mol. The Kier molecular flexibility index (Phi) is 5.08. The standard InChI is InChI=1S/C27H27F2N5/c1-14-3-5-18(6-4-14)24-22(29)27(32-23-15(2)16-7-9-17(23)10-8-16)34-26(33-24)21-13-31-25-20(21)11-19(28)12-30-25/h3-6,11-13,15-17,23H,7-10H2,1-2H3,(H,30,31)(H,32,33,34). The summed E-state index contributed by atoms with van der Waals surface area (Å²) in [7, 11) is 0. The minimum Gasteiger partial charge on any atom is -0.364 e. The number of aromatic nitrogens is 4. The van der Waals surface area contributed by atoms with Crippen molar-refractivity contribution in [2.24, 2.45) is 17.8 Å². The van der Waals surface area contributed by atoms with Gasteiger partial charge in [-0.2, -0.15) is 0 Å². The van der Waals surface area contributed by atoms with Gasteiger partial charge in [0.25, 0.3) is 0 Å². The summed E-state index contributed by atoms with van der Waals surface area (Å²) >= 11 is 0. The first kappa shape index (κ1) is 21.2. The Morgan fingerprint density at radius 2 is 1.74 bits per heavy atom. The summed E-state index contributed by atoms with van der Waals surface area (Å²) in [5.74, 6) is 1.30. The van der Waals surface area contributed by atoms with Crippen LogP contribution in [0.4, 0.5) is 14.6 Å². The Hall–Kier alpha value is -3.35. The molecule has 4 aromatic rings. The molecule has 3 aliphatic rings. The molecule has 7 rings (SSSR count). The number of pyridine rings is 1. The maximum absolute atomic E-state index is 15.9. The number of aromatic amines is 1. The number of hydrogen-bond donors (Lipinski definition) is 2. The van der Waals surface area contributed by atoms with Crippen LogP contribution in [0.3, 0.4) is 0 Å². The van der Waals surface area contributed by atoms with Crippen LogP contribution in [0.25, 0.3) is 33.7 Å². The zero-order valence-electron chi connectivity index (χ0n) is 19.3. The second-order valence-electron chi connectivity index (χ2n) is 9.88. The molecule has 3 aromatic heterocycles. The highest BCUT2D eigenvalue weighted by Crippen LogP contribution is 2.46. The van der Waals surface area contributed by atoms with E-state index in [0.717, 1.165) is 5.56 Å². The summed E-state index contributed by atoms with van der Waals surface area (Å²) in [5.41, 5.74) is 3.13. The smallest absolute Gasteiger partial charge is 0.191 e. The lowest BCUT2D eigenvalue weighted by Crippen LogP contribution is -2.47. The molecule has 0 spiro atoms. The van der Waals surface area contributed by atoms with Gasteiger partial charge in [0, 0.05) is 28.8 Å². The Bertz CT molecular complexity index is 1350. The highest BCUT2D eigenvalue weighted by atomic mass is 19.1. The van der Waals surface area contributed by atoms with E-state index in [0.29, 0.717) is 45.7 Å². The van der Waals surface area contributed by atoms with Crippen molar-refractivity contribution in [3.63, 3.8) is 0 Å². The first-order valence-electron chi connectivity index (χ1n) is 12.0. The van der Waals surface area contributed by atoms with Crippen LogP contribution in [0, 0.1) is 36.3 Å². The van der Waals surface area contributed by atoms with Gasteiger partial charge >= 0.3 is 0 Å². The van der Waals surface area contributed by atoms with E-state index in [1.807, 2.05) is 31.2 Å². The van der Waals surface area contributed by atoms with E-state index in [9.17, 15) is 4.39 Å². The van der Waals surface area contributed by atoms with Crippen molar-refractivity contribution in [2.45, 2.75) is 45.6 Å². The Labute approximate surface area is 197 Å². The first-order valence-corrected chi connectivity index (χ1v) is 12.0. The predicted molar refractivity (Wildman–Crippen MR) is 129 cm³/mol. The molecule has 3 aliphatic carbocycles. The average molecular weight is 460 g/mol. The van der Waals surface area contributed by atoms with E-state index in [-0.39, 0.29) is 17.6 Å². The summed E-state index contributed by atoms with van der Waals surface area (Å²) in [6, 6.07) is 9.21. The quantitative estimate of drug-likeness (QED) is 0.365. The molecule has 2 atom stereocenters. The number of halogens is 2. The SMILES string of the molecule is Cc1ccc(-c2nc(-c3c[nH]c4ncc(F)cc34)nc(NC3C4CCC(CC4)C3C)c2F)cc1. The largest absolute Gasteiger partial charge is 0.364 e. The zero-order valence-corrected chi connectivity index (χ0v) is 19.3. The van der Waals surface area contributed by atoms with Crippen LogP contribution in [0.15, 0.2) is 42.7 Å². The topological polar surface area (TPSA) is 66.5 Å². The van der Waals surface area contributed by atoms with Crippen molar-refractivity contribution in [3.05, 3.63) is 59.9 Å². The van der Waals surface area contributed by atoms with Gasteiger partial charge in [-0.15, -0.1) is 0 Å². The monoisotopic (exact) mass is 459 g/mol. The van der Waals surface area contributed by atoms with E-state index in [4.69, 9.17) is 0 Å². The number of anilines is 1. The van der Waals surface area contributed by atoms with Crippen molar-refractivity contribution >= 4 is 16.9 Å². The number of nitrogens with zero attached hydrogens (tertiary/aromatic N) is 3. The van der Waals surface area contributed by atoms with E-state index in [2.05, 4.69) is 32.2 Å². The molecule has 0 saturated heterocycles. The van der Waals surface area contributed by atoms with Gasteiger partial charge in [0.1, 0.15) is 17.2 Å². The van der Waals surface area contributed by atoms with E-state index in [1.165, 1.54) is 37.9 Å². The number of hydrogen-bond acceptors (Lipinski definition) is 4. The molecule has 3 saturated carbocycles. The molecule has 3 fully saturated rings. The third-order valence-electron chi connectivity index (χ3n) is 7.85. The van der Waals surface area contributed by atoms with Crippen molar-refractivity contribution in [2.75, 3.05) is 5.32 Å². The van der Waals surface area contributed by atoms with Gasteiger partial charge in [0.2, 0.25) is 0 Å². The van der Waals surface area contributed by atoms with Gasteiger partial charge in [-0.25, -0.2) is 23.7 Å². The van der Waals surface area contributed by atoms with Gasteiger partial charge in [0.05, 0.1) is 6.20 Å². The summed E-state index contributed by atoms with van der Waals surface area (Å²) in [5, 5.41) is 4.05. The van der Waals surface area contributed by atoms with Crippen LogP contribution in [0.5, 0.6) is 0 Å². The summed E-state index contributed by atoms with van der Waals surface area (Å²) < 4.78 is 29.9. The van der Waals surface area contributed by atoms with Crippen molar-refractivity contribution in [3.8, 4) is 22.6 Å². The fourth-order valence-electron chi connectivity index (χ4n) is 5.89. The molecule has 3 heterocycles. The molecule has 1 aromatic carbocycles. The van der Waals surface area contributed by atoms with Gasteiger partial charge in [-0.1, -0.05) is 36.8 Å². The average Bonchev–Trinajstić information content (AvgIpc) is 3.26. The Morgan fingerprint density at radius 1 is 1.00 bits per heavy atom. The van der Waals surface area contributed by atoms with Gasteiger partial charge in [-0.05, 0) is 56.4 Å². The third kappa shape index (κ3) is 3.54. The zero-order chi connectivity index (χ0) is 23.4. The van der Waals surface area contributed by atoms with Crippen LogP contribution >= 0.6 is 0 Å². The normalized spacial score (nSPS) is 24.0. The predicted octanol–water partition coefficient (Wildman–Crippen LogP) is 6.51. The number of H-pyrrole nitrogens is 1. The van der Waals surface area contributed by atoms with Crippen molar-refractivity contribution < 1.29 is 8.78 Å². The molecule has 7 heteroatoms. The number of rotatable bonds is 4. The van der Waals surface area contributed by atoms with Crippen LogP contribution in [0.1, 0.15) is 38.2 Å². The van der Waals surface area contributed by atoms with E-state index >= 15 is 4.39 Å². The molecule has 0 amide bonds. The number of benzene rings is 1. The maximum Gasteiger partial charge on any atom is 0.191 e. The minimum atomic E-state index is -0.453. The fraction of sp³-hybridized carbons (Fsp3) is 0.370. The second kappa shape index (κ2) is 8.15. The number of aryl methyl sites for hydroxylation is 1. The second-order valence-corrected chi connectivity index (χ2v) is 9.88. The van der Waals surface area contributed by atoms with Crippen molar-refractivity contribution in [1.82, 2.24) is 19.9 Å². The molecule has 0 radical (unpaired) electrons. The molecule has 0 aliphatic heterocycles. The molecule has 2 bridgehead atoms. The fourth-order valence-corrected chi connectivity index (χ4v) is 5.89. The van der Waals surface area contributed by atoms with E-state index in [1.54, 1.807) is 6.20 Å². The lowest BCUT2D eigenvalue weighted by atomic mass is 9.62. The molecule has 5 nitrogen and oxygen atoms in total. The van der Waals surface area contributed by atoms with Crippen LogP contribution in [0.2, 0.25) is 0 Å². The van der Waals surface area contributed by atoms with Crippen LogP contribution < -0.4 is 5.32 Å². The van der Waals surface area contributed by atoms with Gasteiger partial charge in [-0.3, -0.25) is 0 Å². The molecule has 2 N–H and O–H groups in total. The lowest BCUT2D eigenvalue weighted by Gasteiger charge is -2.47. The third-order valence-corrected chi connectivity index (χ3v) is 7.85. The molecule has 174 valence electrons. The summed E-state index contributed by atoms with van der Waals surface area (Å²) in [4.78, 5) is 16.4. The van der Waals surface area contributed by atoms with Gasteiger partial charge < -0.3 is 10.3 Å². The summed E-state index contributed by atoms with van der Waals surface area (Å²) in [6.45, 7) is 4.26. The first-order chi connectivity index (χ1) is 16.5. The Balaban J connectivity index is 1.49. The summed E-state index contributed by atoms with van der Waals surface area (Å²) in [6.07, 6.45) is 7.72. The highest BCUT2D eigenvalue weighted by molar-refractivity contribution is 5.92. The Morgan fingerprint density at radius 3 is 2.47 bits per heavy atom. The number of fused-ring (bicyclic) bond motifs is 4. The lowest BCUT2D eigenvalue weighted by molar-refractivity contribution is 0.0926. The van der Waals surface area contributed by atoms with E-state index < -0.39 is 11.6 Å². The van der Waals surface area contributed by atoms with Crippen LogP contribution in [-0.2, 0) is 0 Å². The molecular formula is C27H27F2N5. The highest BCUT2D eigenvalue weighted by Gasteiger charge is 2.41. The van der Waals surface area contributed by atoms with Gasteiger partial charge in [0.15, 0.2) is 17.5 Å². The van der Waals surface area contributed by atoms with Crippen molar-refractivity contribution in [1.29, 1.82) is 0 Å². The maximum atomic E-state index is 15.9. The minimum absolute atomic E-state index is 0.178. The van der Waals surface area contributed by atoms with Crippen LogP contribution in [-0.4, -0.2) is 26.0 Å². The molecule has 2 unspecified atom stereocenters. The molecule has 34 heavy (non-hydrogen) atoms.